The molecule has 2 aliphatic heterocycles. The van der Waals surface area contributed by atoms with Crippen LogP contribution in [0.2, 0.25) is 0 Å². The van der Waals surface area contributed by atoms with Gasteiger partial charge in [0.2, 0.25) is 11.9 Å². The average molecular weight is 594 g/mol. The maximum atomic E-state index is 13.2. The highest BCUT2D eigenvalue weighted by atomic mass is 16.5. The zero-order chi connectivity index (χ0) is 30.8. The first-order chi connectivity index (χ1) is 20.6. The molecule has 0 spiro atoms. The molecular weight excluding hydrogens is 546 g/mol. The third kappa shape index (κ3) is 6.57. The van der Waals surface area contributed by atoms with Crippen molar-refractivity contribution in [3.63, 3.8) is 0 Å². The van der Waals surface area contributed by atoms with E-state index in [0.717, 1.165) is 38.8 Å². The molecule has 1 aromatic heterocycles. The summed E-state index contributed by atoms with van der Waals surface area (Å²) in [5, 5.41) is 6.50. The highest BCUT2D eigenvalue weighted by Crippen LogP contribution is 2.37. The van der Waals surface area contributed by atoms with E-state index in [-0.39, 0.29) is 42.1 Å². The van der Waals surface area contributed by atoms with Gasteiger partial charge >= 0.3 is 0 Å². The van der Waals surface area contributed by atoms with Gasteiger partial charge in [0.25, 0.3) is 5.91 Å². The molecule has 0 bridgehead atoms. The van der Waals surface area contributed by atoms with E-state index in [2.05, 4.69) is 53.1 Å². The molecule has 2 aromatic rings. The Labute approximate surface area is 255 Å². The maximum Gasteiger partial charge on any atom is 0.251 e. The molecule has 1 aromatic carbocycles. The second-order valence-electron chi connectivity index (χ2n) is 12.5. The topological polar surface area (TPSA) is 112 Å². The van der Waals surface area contributed by atoms with Crippen molar-refractivity contribution in [2.75, 3.05) is 42.4 Å². The second-order valence-corrected chi connectivity index (χ2v) is 12.5. The van der Waals surface area contributed by atoms with Crippen LogP contribution < -0.4 is 25.2 Å². The number of morpholine rings is 1. The molecule has 0 radical (unpaired) electrons. The number of hydrogen-bond acceptors (Lipinski definition) is 9. The summed E-state index contributed by atoms with van der Waals surface area (Å²) in [6.45, 7) is 12.4. The Morgan fingerprint density at radius 3 is 2.47 bits per heavy atom. The fourth-order valence-corrected chi connectivity index (χ4v) is 6.86. The van der Waals surface area contributed by atoms with Gasteiger partial charge in [0.1, 0.15) is 17.5 Å². The first-order valence-corrected chi connectivity index (χ1v) is 15.7. The van der Waals surface area contributed by atoms with Crippen molar-refractivity contribution in [3.8, 4) is 5.75 Å². The molecule has 2 fully saturated rings. The van der Waals surface area contributed by atoms with Crippen LogP contribution in [-0.4, -0.2) is 90.3 Å². The Morgan fingerprint density at radius 2 is 1.84 bits per heavy atom. The Bertz CT molecular complexity index is 1300. The molecular formula is C32H47N7O4. The zero-order valence-corrected chi connectivity index (χ0v) is 26.6. The summed E-state index contributed by atoms with van der Waals surface area (Å²) in [6.07, 6.45) is 6.98. The summed E-state index contributed by atoms with van der Waals surface area (Å²) in [7, 11) is 3.35. The molecule has 2 amide bonds. The monoisotopic (exact) mass is 593 g/mol. The molecule has 3 atom stereocenters. The quantitative estimate of drug-likeness (QED) is 0.461. The first kappa shape index (κ1) is 31.0. The number of ether oxygens (including phenoxy) is 2. The number of methoxy groups -OCH3 is 1. The highest BCUT2D eigenvalue weighted by molar-refractivity contribution is 6.04. The molecule has 3 aliphatic rings. The number of nitrogens with zero attached hydrogens (tertiary/aromatic N) is 5. The number of aromatic nitrogens is 2. The van der Waals surface area contributed by atoms with Gasteiger partial charge in [-0.2, -0.15) is 4.98 Å². The summed E-state index contributed by atoms with van der Waals surface area (Å²) in [5.41, 5.74) is 1.87. The van der Waals surface area contributed by atoms with Gasteiger partial charge in [-0.3, -0.25) is 14.5 Å². The standard InChI is InChI=1S/C32H47N7O4/c1-8-26-31(41)37(6)27-16-33-32(36-29(27)39(26)19(2)3)35-25-14-9-22(15-28(25)42-7)30(40)34-23-10-12-24(13-11-23)38-17-20(4)43-21(5)18-38/h9,14-16,19-21,23-24,26H,8,10-13,17-18H2,1-7H3,(H,34,40)(H,33,35,36)/t20-,21+,23?,24?,26-/m1/s1. The molecule has 1 saturated carbocycles. The number of likely N-dealkylation sites (N-methyl/N-ethyl adjacent to an activating group) is 1. The SMILES string of the molecule is CC[C@@H]1C(=O)N(C)c2cnc(Nc3ccc(C(=O)NC4CCC(N5C[C@@H](C)O[C@@H](C)C5)CC4)cc3OC)nc2N1C(C)C. The zero-order valence-electron chi connectivity index (χ0n) is 26.6. The van der Waals surface area contributed by atoms with Crippen LogP contribution in [0.15, 0.2) is 24.4 Å². The molecule has 0 unspecified atom stereocenters. The second kappa shape index (κ2) is 13.1. The Balaban J connectivity index is 1.24. The van der Waals surface area contributed by atoms with E-state index >= 15 is 0 Å². The largest absolute Gasteiger partial charge is 0.495 e. The normalized spacial score (nSPS) is 26.3. The summed E-state index contributed by atoms with van der Waals surface area (Å²) in [6, 6.07) is 5.87. The average Bonchev–Trinajstić information content (AvgIpc) is 2.98. The van der Waals surface area contributed by atoms with Gasteiger partial charge in [0.05, 0.1) is 31.2 Å². The van der Waals surface area contributed by atoms with E-state index in [1.54, 1.807) is 37.4 Å². The van der Waals surface area contributed by atoms with Crippen molar-refractivity contribution in [2.24, 2.45) is 0 Å². The van der Waals surface area contributed by atoms with Gasteiger partial charge in [-0.1, -0.05) is 6.92 Å². The van der Waals surface area contributed by atoms with Gasteiger partial charge in [-0.25, -0.2) is 4.98 Å². The van der Waals surface area contributed by atoms with Crippen molar-refractivity contribution < 1.29 is 19.1 Å². The highest BCUT2D eigenvalue weighted by Gasteiger charge is 2.38. The van der Waals surface area contributed by atoms with E-state index in [9.17, 15) is 9.59 Å². The van der Waals surface area contributed by atoms with Crippen molar-refractivity contribution in [3.05, 3.63) is 30.0 Å². The van der Waals surface area contributed by atoms with Crippen molar-refractivity contribution in [1.29, 1.82) is 0 Å². The lowest BCUT2D eigenvalue weighted by Crippen LogP contribution is -2.54. The number of nitrogens with one attached hydrogen (secondary N) is 2. The van der Waals surface area contributed by atoms with Gasteiger partial charge in [0.15, 0.2) is 5.82 Å². The van der Waals surface area contributed by atoms with Crippen LogP contribution in [-0.2, 0) is 9.53 Å². The minimum Gasteiger partial charge on any atom is -0.495 e. The number of amides is 2. The molecule has 43 heavy (non-hydrogen) atoms. The number of fused-ring (bicyclic) bond motifs is 1. The van der Waals surface area contributed by atoms with E-state index < -0.39 is 0 Å². The number of carbonyl (C=O) groups is 2. The predicted molar refractivity (Wildman–Crippen MR) is 169 cm³/mol. The van der Waals surface area contributed by atoms with Crippen molar-refractivity contribution >= 4 is 35.0 Å². The predicted octanol–water partition coefficient (Wildman–Crippen LogP) is 4.35. The van der Waals surface area contributed by atoms with Gasteiger partial charge in [-0.15, -0.1) is 0 Å². The lowest BCUT2D eigenvalue weighted by molar-refractivity contribution is -0.120. The van der Waals surface area contributed by atoms with Crippen LogP contribution in [0.1, 0.15) is 77.1 Å². The molecule has 11 heteroatoms. The summed E-state index contributed by atoms with van der Waals surface area (Å²) < 4.78 is 11.6. The Hall–Kier alpha value is -3.44. The smallest absolute Gasteiger partial charge is 0.251 e. The molecule has 234 valence electrons. The first-order valence-electron chi connectivity index (χ1n) is 15.7. The van der Waals surface area contributed by atoms with E-state index in [4.69, 9.17) is 14.5 Å². The fraction of sp³-hybridized carbons (Fsp3) is 0.625. The van der Waals surface area contributed by atoms with Crippen LogP contribution in [0.25, 0.3) is 0 Å². The lowest BCUT2D eigenvalue weighted by Gasteiger charge is -2.42. The molecule has 2 N–H and O–H groups in total. The van der Waals surface area contributed by atoms with E-state index in [0.29, 0.717) is 46.9 Å². The van der Waals surface area contributed by atoms with Crippen LogP contribution in [0, 0.1) is 0 Å². The Kier molecular flexibility index (Phi) is 9.41. The molecule has 5 rings (SSSR count). The Morgan fingerprint density at radius 1 is 1.14 bits per heavy atom. The van der Waals surface area contributed by atoms with Crippen molar-refractivity contribution in [2.45, 2.75) is 103 Å². The van der Waals surface area contributed by atoms with Gasteiger partial charge < -0.3 is 29.9 Å². The molecule has 1 aliphatic carbocycles. The van der Waals surface area contributed by atoms with Crippen LogP contribution in [0.5, 0.6) is 5.75 Å². The summed E-state index contributed by atoms with van der Waals surface area (Å²) >= 11 is 0. The van der Waals surface area contributed by atoms with E-state index in [1.165, 1.54) is 0 Å². The minimum atomic E-state index is -0.283. The molecule has 1 saturated heterocycles. The summed E-state index contributed by atoms with van der Waals surface area (Å²) in [4.78, 5) is 41.8. The third-order valence-corrected chi connectivity index (χ3v) is 8.96. The van der Waals surface area contributed by atoms with Crippen molar-refractivity contribution in [1.82, 2.24) is 20.2 Å². The number of rotatable bonds is 8. The molecule has 3 heterocycles. The lowest BCUT2D eigenvalue weighted by atomic mass is 9.89. The number of carbonyl (C=O) groups excluding carboxylic acids is 2. The van der Waals surface area contributed by atoms with Crippen LogP contribution >= 0.6 is 0 Å². The van der Waals surface area contributed by atoms with E-state index in [1.807, 2.05) is 13.0 Å². The maximum absolute atomic E-state index is 13.2. The van der Waals surface area contributed by atoms with Crippen LogP contribution in [0.4, 0.5) is 23.1 Å². The minimum absolute atomic E-state index is 0.0398. The van der Waals surface area contributed by atoms with Gasteiger partial charge in [0, 0.05) is 43.8 Å². The molecule has 11 nitrogen and oxygen atoms in total. The number of benzene rings is 1. The summed E-state index contributed by atoms with van der Waals surface area (Å²) in [5.74, 6) is 1.56. The van der Waals surface area contributed by atoms with Crippen LogP contribution in [0.3, 0.4) is 0 Å². The van der Waals surface area contributed by atoms with Gasteiger partial charge in [-0.05, 0) is 78.0 Å². The number of anilines is 4. The number of hydrogen-bond donors (Lipinski definition) is 2. The fourth-order valence-electron chi connectivity index (χ4n) is 6.86. The third-order valence-electron chi connectivity index (χ3n) is 8.96.